The lowest BCUT2D eigenvalue weighted by atomic mass is 9.94. The fraction of sp³-hybridized carbons (Fsp3) is 0.692. The Labute approximate surface area is 134 Å². The first-order valence-corrected chi connectivity index (χ1v) is 8.52. The number of halogens is 3. The molecule has 0 spiro atoms. The van der Waals surface area contributed by atoms with E-state index in [1.54, 1.807) is 0 Å². The number of rotatable bonds is 4. The summed E-state index contributed by atoms with van der Waals surface area (Å²) in [5.41, 5.74) is -1.73. The lowest BCUT2D eigenvalue weighted by Gasteiger charge is -2.24. The summed E-state index contributed by atoms with van der Waals surface area (Å²) in [5, 5.41) is -0.588. The summed E-state index contributed by atoms with van der Waals surface area (Å²) in [4.78, 5) is 22.8. The third kappa shape index (κ3) is 2.79. The maximum absolute atomic E-state index is 12.2. The number of carbonyl (C=O) groups excluding carboxylic acids is 2. The number of esters is 2. The van der Waals surface area contributed by atoms with E-state index in [2.05, 4.69) is 11.3 Å². The second kappa shape index (κ2) is 5.45. The van der Waals surface area contributed by atoms with Gasteiger partial charge in [0.05, 0.1) is 5.25 Å². The third-order valence-electron chi connectivity index (χ3n) is 4.59. The summed E-state index contributed by atoms with van der Waals surface area (Å²) in [6, 6.07) is 0. The second-order valence-corrected chi connectivity index (χ2v) is 7.78. The van der Waals surface area contributed by atoms with E-state index < -0.39 is 57.9 Å². The zero-order valence-electron chi connectivity index (χ0n) is 12.1. The van der Waals surface area contributed by atoms with Gasteiger partial charge in [0, 0.05) is 11.8 Å². The van der Waals surface area contributed by atoms with E-state index in [1.807, 2.05) is 0 Å². The maximum Gasteiger partial charge on any atom is 0.422 e. The SMILES string of the molecule is C=C(C(=O)OCC(=O)OC1C2CC3C1OS(=O)(=O)C3C2)C(F)(F)F. The highest BCUT2D eigenvalue weighted by Gasteiger charge is 2.65. The molecule has 2 aliphatic carbocycles. The number of alkyl halides is 3. The summed E-state index contributed by atoms with van der Waals surface area (Å²) < 4.78 is 74.5. The summed E-state index contributed by atoms with van der Waals surface area (Å²) in [5.74, 6) is -3.27. The molecule has 0 aromatic carbocycles. The molecular formula is C13H13F3O7S. The molecule has 11 heteroatoms. The molecule has 7 nitrogen and oxygen atoms in total. The van der Waals surface area contributed by atoms with Crippen LogP contribution in [0.15, 0.2) is 12.2 Å². The Balaban J connectivity index is 1.54. The normalized spacial score (nSPS) is 35.7. The minimum Gasteiger partial charge on any atom is -0.457 e. The summed E-state index contributed by atoms with van der Waals surface area (Å²) in [6.07, 6.45) is -5.68. The second-order valence-electron chi connectivity index (χ2n) is 5.99. The van der Waals surface area contributed by atoms with Gasteiger partial charge < -0.3 is 9.47 Å². The van der Waals surface area contributed by atoms with Crippen molar-refractivity contribution in [1.82, 2.24) is 0 Å². The monoisotopic (exact) mass is 370 g/mol. The fourth-order valence-corrected chi connectivity index (χ4v) is 5.44. The first-order chi connectivity index (χ1) is 11.0. The van der Waals surface area contributed by atoms with Crippen LogP contribution in [0.4, 0.5) is 13.2 Å². The fourth-order valence-electron chi connectivity index (χ4n) is 3.56. The van der Waals surface area contributed by atoms with E-state index in [-0.39, 0.29) is 11.8 Å². The molecule has 5 unspecified atom stereocenters. The molecule has 0 aromatic heterocycles. The molecule has 2 saturated carbocycles. The van der Waals surface area contributed by atoms with Crippen molar-refractivity contribution in [3.05, 3.63) is 12.2 Å². The minimum atomic E-state index is -4.95. The molecule has 1 aliphatic heterocycles. The zero-order chi connectivity index (χ0) is 17.9. The van der Waals surface area contributed by atoms with E-state index in [0.717, 1.165) is 0 Å². The smallest absolute Gasteiger partial charge is 0.422 e. The average molecular weight is 370 g/mol. The largest absolute Gasteiger partial charge is 0.457 e. The Morgan fingerprint density at radius 2 is 1.92 bits per heavy atom. The molecule has 2 bridgehead atoms. The molecule has 0 radical (unpaired) electrons. The topological polar surface area (TPSA) is 96.0 Å². The summed E-state index contributed by atoms with van der Waals surface area (Å²) in [6.45, 7) is 1.52. The molecule has 3 aliphatic rings. The predicted octanol–water partition coefficient (Wildman–Crippen LogP) is 0.697. The van der Waals surface area contributed by atoms with Gasteiger partial charge in [0.15, 0.2) is 6.61 Å². The maximum atomic E-state index is 12.2. The lowest BCUT2D eigenvalue weighted by molar-refractivity contribution is -0.168. The van der Waals surface area contributed by atoms with Gasteiger partial charge in [0.25, 0.3) is 10.1 Å². The number of hydrogen-bond acceptors (Lipinski definition) is 7. The molecule has 0 amide bonds. The summed E-state index contributed by atoms with van der Waals surface area (Å²) >= 11 is 0. The van der Waals surface area contributed by atoms with E-state index in [4.69, 9.17) is 8.92 Å². The molecule has 1 heterocycles. The van der Waals surface area contributed by atoms with E-state index in [0.29, 0.717) is 12.8 Å². The Hall–Kier alpha value is -1.62. The van der Waals surface area contributed by atoms with Crippen LogP contribution in [-0.4, -0.2) is 50.6 Å². The van der Waals surface area contributed by atoms with Gasteiger partial charge >= 0.3 is 18.1 Å². The van der Waals surface area contributed by atoms with Gasteiger partial charge in [-0.3, -0.25) is 4.18 Å². The quantitative estimate of drug-likeness (QED) is 0.408. The minimum absolute atomic E-state index is 0.188. The van der Waals surface area contributed by atoms with Crippen LogP contribution in [0.25, 0.3) is 0 Å². The Bertz CT molecular complexity index is 699. The van der Waals surface area contributed by atoms with Gasteiger partial charge in [-0.15, -0.1) is 0 Å². The molecule has 5 atom stereocenters. The van der Waals surface area contributed by atoms with Crippen LogP contribution in [0.1, 0.15) is 12.8 Å². The van der Waals surface area contributed by atoms with E-state index in [9.17, 15) is 31.2 Å². The van der Waals surface area contributed by atoms with Gasteiger partial charge in [-0.05, 0) is 12.8 Å². The Kier molecular flexibility index (Phi) is 3.91. The number of ether oxygens (including phenoxy) is 2. The van der Waals surface area contributed by atoms with Crippen molar-refractivity contribution < 1.29 is 44.8 Å². The molecule has 3 rings (SSSR count). The Morgan fingerprint density at radius 1 is 1.25 bits per heavy atom. The molecule has 0 aromatic rings. The third-order valence-corrected chi connectivity index (χ3v) is 6.37. The van der Waals surface area contributed by atoms with Crippen molar-refractivity contribution in [2.45, 2.75) is 36.5 Å². The van der Waals surface area contributed by atoms with E-state index in [1.165, 1.54) is 0 Å². The molecule has 1 saturated heterocycles. The van der Waals surface area contributed by atoms with Crippen LogP contribution in [0, 0.1) is 11.8 Å². The Morgan fingerprint density at radius 3 is 2.54 bits per heavy atom. The highest BCUT2D eigenvalue weighted by atomic mass is 32.2. The molecule has 134 valence electrons. The van der Waals surface area contributed by atoms with Crippen LogP contribution in [0.5, 0.6) is 0 Å². The van der Waals surface area contributed by atoms with Crippen molar-refractivity contribution in [3.63, 3.8) is 0 Å². The first kappa shape index (κ1) is 17.2. The van der Waals surface area contributed by atoms with Crippen LogP contribution >= 0.6 is 0 Å². The van der Waals surface area contributed by atoms with Crippen molar-refractivity contribution in [3.8, 4) is 0 Å². The highest BCUT2D eigenvalue weighted by Crippen LogP contribution is 2.55. The van der Waals surface area contributed by atoms with Crippen molar-refractivity contribution in [2.24, 2.45) is 11.8 Å². The van der Waals surface area contributed by atoms with Gasteiger partial charge in [0.1, 0.15) is 17.8 Å². The zero-order valence-corrected chi connectivity index (χ0v) is 12.9. The van der Waals surface area contributed by atoms with Crippen molar-refractivity contribution in [1.29, 1.82) is 0 Å². The van der Waals surface area contributed by atoms with Gasteiger partial charge in [-0.1, -0.05) is 6.58 Å². The van der Waals surface area contributed by atoms with Crippen molar-refractivity contribution in [2.75, 3.05) is 6.61 Å². The molecule has 0 N–H and O–H groups in total. The lowest BCUT2D eigenvalue weighted by Crippen LogP contribution is -2.38. The number of fused-ring (bicyclic) bond motifs is 1. The van der Waals surface area contributed by atoms with Crippen LogP contribution in [-0.2, 0) is 33.4 Å². The van der Waals surface area contributed by atoms with Gasteiger partial charge in [-0.2, -0.15) is 21.6 Å². The average Bonchev–Trinajstić information content (AvgIpc) is 3.07. The van der Waals surface area contributed by atoms with Gasteiger partial charge in [0.2, 0.25) is 0 Å². The summed E-state index contributed by atoms with van der Waals surface area (Å²) in [7, 11) is -3.67. The number of hydrogen-bond donors (Lipinski definition) is 0. The first-order valence-electron chi connectivity index (χ1n) is 7.05. The number of carbonyl (C=O) groups is 2. The standard InChI is InChI=1S/C13H13F3O7S/c1-5(13(14,15)16)12(18)21-4-9(17)22-10-6-2-7-8(3-6)24(19,20)23-11(7)10/h6-8,10-11H,1-4H2. The van der Waals surface area contributed by atoms with Crippen LogP contribution < -0.4 is 0 Å². The molecule has 24 heavy (non-hydrogen) atoms. The predicted molar refractivity (Wildman–Crippen MR) is 69.8 cm³/mol. The molecule has 3 fully saturated rings. The highest BCUT2D eigenvalue weighted by molar-refractivity contribution is 7.87. The molecular weight excluding hydrogens is 357 g/mol. The van der Waals surface area contributed by atoms with E-state index >= 15 is 0 Å². The van der Waals surface area contributed by atoms with Crippen molar-refractivity contribution >= 4 is 22.1 Å². The van der Waals surface area contributed by atoms with Crippen LogP contribution in [0.2, 0.25) is 0 Å². The van der Waals surface area contributed by atoms with Gasteiger partial charge in [-0.25, -0.2) is 9.59 Å². The van der Waals surface area contributed by atoms with Crippen LogP contribution in [0.3, 0.4) is 0 Å².